The van der Waals surface area contributed by atoms with E-state index in [1.807, 2.05) is 25.9 Å². The standard InChI is InChI=1S/C28H34N2O6/c1-6-16-35-21-11-8-19(9-12-21)26(31)24-25(30(15-14-29(3)4)28(33)27(24)32)20-10-13-22(36-17-7-2)23(18-20)34-5/h7-13,18,25,31H,2,6,14-17H2,1,3-5H3. The maximum Gasteiger partial charge on any atom is 0.295 e. The summed E-state index contributed by atoms with van der Waals surface area (Å²) < 4.78 is 16.8. The molecule has 2 aromatic rings. The summed E-state index contributed by atoms with van der Waals surface area (Å²) in [7, 11) is 5.30. The van der Waals surface area contributed by atoms with Crippen LogP contribution in [0.5, 0.6) is 17.2 Å². The summed E-state index contributed by atoms with van der Waals surface area (Å²) in [5.41, 5.74) is 1.08. The number of likely N-dealkylation sites (N-methyl/N-ethyl adjacent to an activating group) is 1. The van der Waals surface area contributed by atoms with Crippen LogP contribution in [0.1, 0.15) is 30.5 Å². The third kappa shape index (κ3) is 5.88. The van der Waals surface area contributed by atoms with Gasteiger partial charge in [0.25, 0.3) is 11.7 Å². The number of Topliss-reactive ketones (excluding diaryl/α,β-unsaturated/α-hetero) is 1. The van der Waals surface area contributed by atoms with E-state index in [9.17, 15) is 14.7 Å². The second-order valence-electron chi connectivity index (χ2n) is 8.68. The number of nitrogens with zero attached hydrogens (tertiary/aromatic N) is 2. The van der Waals surface area contributed by atoms with Gasteiger partial charge in [0.15, 0.2) is 11.5 Å². The van der Waals surface area contributed by atoms with Crippen LogP contribution >= 0.6 is 0 Å². The van der Waals surface area contributed by atoms with Crippen LogP contribution in [-0.2, 0) is 9.59 Å². The Kier molecular flexibility index (Phi) is 9.13. The molecule has 0 radical (unpaired) electrons. The number of benzene rings is 2. The summed E-state index contributed by atoms with van der Waals surface area (Å²) in [6.45, 7) is 7.41. The van der Waals surface area contributed by atoms with Crippen LogP contribution < -0.4 is 14.2 Å². The molecule has 0 aliphatic carbocycles. The highest BCUT2D eigenvalue weighted by atomic mass is 16.5. The van der Waals surface area contributed by atoms with E-state index < -0.39 is 17.7 Å². The smallest absolute Gasteiger partial charge is 0.295 e. The first-order valence-corrected chi connectivity index (χ1v) is 11.9. The van der Waals surface area contributed by atoms with Gasteiger partial charge in [0.2, 0.25) is 0 Å². The predicted molar refractivity (Wildman–Crippen MR) is 138 cm³/mol. The van der Waals surface area contributed by atoms with Gasteiger partial charge in [-0.25, -0.2) is 0 Å². The van der Waals surface area contributed by atoms with Gasteiger partial charge in [0.1, 0.15) is 18.1 Å². The van der Waals surface area contributed by atoms with Crippen molar-refractivity contribution >= 4 is 17.4 Å². The number of carbonyl (C=O) groups excluding carboxylic acids is 2. The number of rotatable bonds is 12. The van der Waals surface area contributed by atoms with Crippen LogP contribution in [-0.4, -0.2) is 74.1 Å². The molecule has 1 amide bonds. The number of aliphatic hydroxyl groups excluding tert-OH is 1. The molecule has 1 atom stereocenters. The van der Waals surface area contributed by atoms with Gasteiger partial charge in [-0.3, -0.25) is 9.59 Å². The number of hydrogen-bond donors (Lipinski definition) is 1. The molecule has 1 fully saturated rings. The Labute approximate surface area is 212 Å². The number of hydrogen-bond acceptors (Lipinski definition) is 7. The van der Waals surface area contributed by atoms with Crippen LogP contribution in [0.2, 0.25) is 0 Å². The van der Waals surface area contributed by atoms with Crippen LogP contribution in [0, 0.1) is 0 Å². The van der Waals surface area contributed by atoms with Crippen molar-refractivity contribution in [3.05, 3.63) is 71.8 Å². The fraction of sp³-hybridized carbons (Fsp3) is 0.357. The molecule has 1 aliphatic rings. The van der Waals surface area contributed by atoms with Crippen molar-refractivity contribution in [1.29, 1.82) is 0 Å². The Morgan fingerprint density at radius 1 is 1.11 bits per heavy atom. The fourth-order valence-electron chi connectivity index (χ4n) is 3.97. The average molecular weight is 495 g/mol. The summed E-state index contributed by atoms with van der Waals surface area (Å²) in [4.78, 5) is 29.7. The van der Waals surface area contributed by atoms with E-state index >= 15 is 0 Å². The number of ketones is 1. The van der Waals surface area contributed by atoms with E-state index in [0.717, 1.165) is 6.42 Å². The molecular weight excluding hydrogens is 460 g/mol. The van der Waals surface area contributed by atoms with Gasteiger partial charge in [-0.05, 0) is 62.5 Å². The quantitative estimate of drug-likeness (QED) is 0.206. The molecule has 0 spiro atoms. The zero-order valence-corrected chi connectivity index (χ0v) is 21.3. The predicted octanol–water partition coefficient (Wildman–Crippen LogP) is 4.03. The molecule has 0 bridgehead atoms. The molecule has 3 rings (SSSR count). The van der Waals surface area contributed by atoms with Crippen LogP contribution in [0.4, 0.5) is 0 Å². The lowest BCUT2D eigenvalue weighted by molar-refractivity contribution is -0.140. The zero-order chi connectivity index (χ0) is 26.2. The zero-order valence-electron chi connectivity index (χ0n) is 21.3. The van der Waals surface area contributed by atoms with E-state index in [1.165, 1.54) is 12.0 Å². The maximum atomic E-state index is 13.2. The van der Waals surface area contributed by atoms with Crippen LogP contribution in [0.25, 0.3) is 5.76 Å². The minimum absolute atomic E-state index is 0.0304. The van der Waals surface area contributed by atoms with Gasteiger partial charge in [0, 0.05) is 18.7 Å². The van der Waals surface area contributed by atoms with Gasteiger partial charge in [-0.1, -0.05) is 25.6 Å². The van der Waals surface area contributed by atoms with Crippen LogP contribution in [0.3, 0.4) is 0 Å². The monoisotopic (exact) mass is 494 g/mol. The van der Waals surface area contributed by atoms with Crippen molar-refractivity contribution in [3.63, 3.8) is 0 Å². The van der Waals surface area contributed by atoms with Crippen molar-refractivity contribution in [2.75, 3.05) is 47.5 Å². The second-order valence-corrected chi connectivity index (χ2v) is 8.68. The van der Waals surface area contributed by atoms with E-state index in [0.29, 0.717) is 54.7 Å². The summed E-state index contributed by atoms with van der Waals surface area (Å²) in [6, 6.07) is 11.3. The van der Waals surface area contributed by atoms with E-state index in [4.69, 9.17) is 14.2 Å². The van der Waals surface area contributed by atoms with Gasteiger partial charge in [0.05, 0.1) is 25.3 Å². The molecule has 2 aromatic carbocycles. The highest BCUT2D eigenvalue weighted by Crippen LogP contribution is 2.42. The largest absolute Gasteiger partial charge is 0.507 e. The molecule has 1 heterocycles. The Balaban J connectivity index is 2.09. The molecular formula is C28H34N2O6. The molecule has 36 heavy (non-hydrogen) atoms. The molecule has 1 aliphatic heterocycles. The number of carbonyl (C=O) groups is 2. The Hall–Kier alpha value is -3.78. The molecule has 0 aromatic heterocycles. The number of likely N-dealkylation sites (tertiary alicyclic amines) is 1. The first-order chi connectivity index (χ1) is 17.3. The molecule has 0 saturated carbocycles. The number of ether oxygens (including phenoxy) is 3. The van der Waals surface area contributed by atoms with Gasteiger partial charge >= 0.3 is 0 Å². The van der Waals surface area contributed by atoms with Crippen molar-refractivity contribution in [2.45, 2.75) is 19.4 Å². The van der Waals surface area contributed by atoms with E-state index in [-0.39, 0.29) is 11.3 Å². The molecule has 192 valence electrons. The lowest BCUT2D eigenvalue weighted by atomic mass is 9.95. The minimum Gasteiger partial charge on any atom is -0.507 e. The van der Waals surface area contributed by atoms with Crippen molar-refractivity contribution < 1.29 is 28.9 Å². The van der Waals surface area contributed by atoms with Crippen molar-refractivity contribution in [1.82, 2.24) is 9.80 Å². The van der Waals surface area contributed by atoms with Gasteiger partial charge in [-0.15, -0.1) is 0 Å². The fourth-order valence-corrected chi connectivity index (χ4v) is 3.97. The Morgan fingerprint density at radius 2 is 1.83 bits per heavy atom. The molecule has 8 heteroatoms. The normalized spacial score (nSPS) is 16.9. The minimum atomic E-state index is -0.789. The lowest BCUT2D eigenvalue weighted by Gasteiger charge is -2.27. The average Bonchev–Trinajstić information content (AvgIpc) is 3.14. The molecule has 1 saturated heterocycles. The van der Waals surface area contributed by atoms with Crippen LogP contribution in [0.15, 0.2) is 60.7 Å². The highest BCUT2D eigenvalue weighted by molar-refractivity contribution is 6.46. The number of methoxy groups -OCH3 is 1. The second kappa shape index (κ2) is 12.3. The van der Waals surface area contributed by atoms with Gasteiger partial charge < -0.3 is 29.1 Å². The number of amides is 1. The SMILES string of the molecule is C=CCOc1ccc(C2C(=C(O)c3ccc(OCCC)cc3)C(=O)C(=O)N2CCN(C)C)cc1OC. The summed E-state index contributed by atoms with van der Waals surface area (Å²) in [6.07, 6.45) is 2.50. The number of aliphatic hydroxyl groups is 1. The lowest BCUT2D eigenvalue weighted by Crippen LogP contribution is -2.35. The first-order valence-electron chi connectivity index (χ1n) is 11.9. The summed E-state index contributed by atoms with van der Waals surface area (Å²) in [5.74, 6) is -0.000250. The van der Waals surface area contributed by atoms with Crippen molar-refractivity contribution in [3.8, 4) is 17.2 Å². The third-order valence-electron chi connectivity index (χ3n) is 5.79. The van der Waals surface area contributed by atoms with Gasteiger partial charge in [-0.2, -0.15) is 0 Å². The molecule has 8 nitrogen and oxygen atoms in total. The summed E-state index contributed by atoms with van der Waals surface area (Å²) in [5, 5.41) is 11.3. The summed E-state index contributed by atoms with van der Waals surface area (Å²) >= 11 is 0. The van der Waals surface area contributed by atoms with E-state index in [1.54, 1.807) is 48.5 Å². The topological polar surface area (TPSA) is 88.5 Å². The highest BCUT2D eigenvalue weighted by Gasteiger charge is 2.46. The van der Waals surface area contributed by atoms with Crippen molar-refractivity contribution in [2.24, 2.45) is 0 Å². The third-order valence-corrected chi connectivity index (χ3v) is 5.79. The first kappa shape index (κ1) is 26.8. The Morgan fingerprint density at radius 3 is 2.44 bits per heavy atom. The molecule has 1 N–H and O–H groups in total. The Bertz CT molecular complexity index is 1120. The molecule has 1 unspecified atom stereocenters. The maximum absolute atomic E-state index is 13.2. The van der Waals surface area contributed by atoms with E-state index in [2.05, 4.69) is 6.58 Å².